The maximum Gasteiger partial charge on any atom is 0.417 e. The normalized spacial score (nSPS) is 11.9. The van der Waals surface area contributed by atoms with Crippen molar-refractivity contribution >= 4 is 17.3 Å². The number of halogens is 3. The molecule has 0 bridgehead atoms. The molecule has 2 aromatic heterocycles. The average Bonchev–Trinajstić information content (AvgIpc) is 3.14. The van der Waals surface area contributed by atoms with E-state index in [1.807, 2.05) is 6.07 Å². The Kier molecular flexibility index (Phi) is 4.96. The molecule has 0 N–H and O–H groups in total. The number of rotatable bonds is 4. The standard InChI is InChI=1S/C19H10F3N3O3/c20-19(21,22)14-4-6-17(24-11-14)13(10-23)9-16-5-7-18(28-16)12-2-1-3-15(8-12)25(26)27/h1-9,11H/b13-9+. The lowest BCUT2D eigenvalue weighted by atomic mass is 10.1. The highest BCUT2D eigenvalue weighted by atomic mass is 19.4. The molecule has 0 spiro atoms. The van der Waals surface area contributed by atoms with Crippen molar-refractivity contribution in [3.05, 3.63) is 81.9 Å². The second kappa shape index (κ2) is 7.36. The van der Waals surface area contributed by atoms with E-state index < -0.39 is 16.7 Å². The number of alkyl halides is 3. The molecule has 0 aliphatic carbocycles. The van der Waals surface area contributed by atoms with Gasteiger partial charge in [-0.15, -0.1) is 0 Å². The SMILES string of the molecule is N#C/C(=C\c1ccc(-c2cccc([N+](=O)[O-])c2)o1)c1ccc(C(F)(F)F)cn1. The lowest BCUT2D eigenvalue weighted by Gasteiger charge is -2.06. The minimum Gasteiger partial charge on any atom is -0.457 e. The number of pyridine rings is 1. The zero-order valence-electron chi connectivity index (χ0n) is 14.0. The number of nitriles is 1. The summed E-state index contributed by atoms with van der Waals surface area (Å²) in [4.78, 5) is 14.0. The van der Waals surface area contributed by atoms with E-state index >= 15 is 0 Å². The van der Waals surface area contributed by atoms with E-state index in [0.29, 0.717) is 17.5 Å². The first-order chi connectivity index (χ1) is 13.3. The van der Waals surface area contributed by atoms with Crippen molar-refractivity contribution in [3.8, 4) is 17.4 Å². The van der Waals surface area contributed by atoms with Crippen LogP contribution in [0.15, 0.2) is 59.1 Å². The van der Waals surface area contributed by atoms with E-state index in [1.54, 1.807) is 12.1 Å². The largest absolute Gasteiger partial charge is 0.457 e. The van der Waals surface area contributed by atoms with E-state index in [2.05, 4.69) is 4.98 Å². The molecule has 0 radical (unpaired) electrons. The van der Waals surface area contributed by atoms with Crippen molar-refractivity contribution in [2.24, 2.45) is 0 Å². The Balaban J connectivity index is 1.90. The van der Waals surface area contributed by atoms with Crippen LogP contribution in [0.25, 0.3) is 23.0 Å². The summed E-state index contributed by atoms with van der Waals surface area (Å²) >= 11 is 0. The van der Waals surface area contributed by atoms with E-state index in [1.165, 1.54) is 30.3 Å². The summed E-state index contributed by atoms with van der Waals surface area (Å²) in [6.07, 6.45) is -2.54. The number of furan rings is 1. The number of allylic oxidation sites excluding steroid dienone is 1. The van der Waals surface area contributed by atoms with Crippen molar-refractivity contribution in [2.75, 3.05) is 0 Å². The molecule has 0 unspecified atom stereocenters. The Morgan fingerprint density at radius 3 is 2.61 bits per heavy atom. The van der Waals surface area contributed by atoms with Gasteiger partial charge in [-0.25, -0.2) is 0 Å². The third-order valence-electron chi connectivity index (χ3n) is 3.74. The van der Waals surface area contributed by atoms with Gasteiger partial charge in [0.15, 0.2) is 0 Å². The van der Waals surface area contributed by atoms with Gasteiger partial charge in [-0.3, -0.25) is 15.1 Å². The summed E-state index contributed by atoms with van der Waals surface area (Å²) in [6.45, 7) is 0. The summed E-state index contributed by atoms with van der Waals surface area (Å²) in [7, 11) is 0. The number of hydrogen-bond donors (Lipinski definition) is 0. The van der Waals surface area contributed by atoms with Crippen LogP contribution in [0.3, 0.4) is 0 Å². The second-order valence-electron chi connectivity index (χ2n) is 5.61. The molecule has 0 saturated carbocycles. The fourth-order valence-corrected chi connectivity index (χ4v) is 2.38. The van der Waals surface area contributed by atoms with E-state index in [4.69, 9.17) is 4.42 Å². The molecule has 28 heavy (non-hydrogen) atoms. The molecule has 9 heteroatoms. The lowest BCUT2D eigenvalue weighted by molar-refractivity contribution is -0.384. The minimum absolute atomic E-state index is 0.00802. The fourth-order valence-electron chi connectivity index (χ4n) is 2.38. The van der Waals surface area contributed by atoms with Gasteiger partial charge in [-0.2, -0.15) is 18.4 Å². The number of benzene rings is 1. The van der Waals surface area contributed by atoms with Crippen LogP contribution >= 0.6 is 0 Å². The third-order valence-corrected chi connectivity index (χ3v) is 3.74. The summed E-state index contributed by atoms with van der Waals surface area (Å²) in [5.74, 6) is 0.590. The van der Waals surface area contributed by atoms with Gasteiger partial charge >= 0.3 is 6.18 Å². The topological polar surface area (TPSA) is 93.0 Å². The molecule has 0 aliphatic rings. The van der Waals surface area contributed by atoms with Crippen molar-refractivity contribution in [1.29, 1.82) is 5.26 Å². The van der Waals surface area contributed by atoms with Crippen molar-refractivity contribution in [3.63, 3.8) is 0 Å². The molecule has 2 heterocycles. The van der Waals surface area contributed by atoms with Crippen LogP contribution in [0.4, 0.5) is 18.9 Å². The minimum atomic E-state index is -4.52. The quantitative estimate of drug-likeness (QED) is 0.344. The van der Waals surface area contributed by atoms with Crippen LogP contribution in [-0.4, -0.2) is 9.91 Å². The molecule has 3 rings (SSSR count). The van der Waals surface area contributed by atoms with Gasteiger partial charge in [0, 0.05) is 30.0 Å². The first kappa shape index (κ1) is 18.8. The smallest absolute Gasteiger partial charge is 0.417 e. The molecule has 6 nitrogen and oxygen atoms in total. The number of hydrogen-bond acceptors (Lipinski definition) is 5. The maximum absolute atomic E-state index is 12.6. The van der Waals surface area contributed by atoms with Crippen LogP contribution in [0.1, 0.15) is 17.0 Å². The molecule has 0 aliphatic heterocycles. The molecule has 0 amide bonds. The van der Waals surface area contributed by atoms with Gasteiger partial charge in [-0.05, 0) is 24.3 Å². The van der Waals surface area contributed by atoms with E-state index in [9.17, 15) is 28.5 Å². The van der Waals surface area contributed by atoms with Crippen LogP contribution in [-0.2, 0) is 6.18 Å². The molecular formula is C19H10F3N3O3. The Morgan fingerprint density at radius 2 is 2.00 bits per heavy atom. The van der Waals surface area contributed by atoms with Crippen LogP contribution in [0.2, 0.25) is 0 Å². The highest BCUT2D eigenvalue weighted by Crippen LogP contribution is 2.30. The average molecular weight is 385 g/mol. The Labute approximate surface area is 156 Å². The molecule has 0 atom stereocenters. The van der Waals surface area contributed by atoms with Crippen LogP contribution in [0, 0.1) is 21.4 Å². The molecule has 0 fully saturated rings. The molecule has 0 saturated heterocycles. The summed E-state index contributed by atoms with van der Waals surface area (Å²) < 4.78 is 43.4. The molecule has 1 aromatic carbocycles. The molecule has 3 aromatic rings. The van der Waals surface area contributed by atoms with Crippen molar-refractivity contribution in [1.82, 2.24) is 4.98 Å². The number of non-ortho nitro benzene ring substituents is 1. The first-order valence-electron chi connectivity index (χ1n) is 7.78. The maximum atomic E-state index is 12.6. The zero-order valence-corrected chi connectivity index (χ0v) is 14.0. The van der Waals surface area contributed by atoms with Gasteiger partial charge in [0.1, 0.15) is 17.6 Å². The first-order valence-corrected chi connectivity index (χ1v) is 7.78. The number of nitro benzene ring substituents is 1. The second-order valence-corrected chi connectivity index (χ2v) is 5.61. The highest BCUT2D eigenvalue weighted by Gasteiger charge is 2.30. The Bertz CT molecular complexity index is 1090. The van der Waals surface area contributed by atoms with Gasteiger partial charge < -0.3 is 4.42 Å². The van der Waals surface area contributed by atoms with Crippen LogP contribution in [0.5, 0.6) is 0 Å². The number of nitrogens with zero attached hydrogens (tertiary/aromatic N) is 3. The summed E-state index contributed by atoms with van der Waals surface area (Å²) in [5, 5.41) is 20.2. The highest BCUT2D eigenvalue weighted by molar-refractivity contribution is 5.87. The zero-order chi connectivity index (χ0) is 20.3. The monoisotopic (exact) mass is 385 g/mol. The lowest BCUT2D eigenvalue weighted by Crippen LogP contribution is -2.05. The van der Waals surface area contributed by atoms with Crippen molar-refractivity contribution < 1.29 is 22.5 Å². The van der Waals surface area contributed by atoms with Gasteiger partial charge in [0.2, 0.25) is 0 Å². The third kappa shape index (κ3) is 4.07. The summed E-state index contributed by atoms with van der Waals surface area (Å²) in [5.41, 5.74) is -0.477. The summed E-state index contributed by atoms with van der Waals surface area (Å²) in [6, 6.07) is 12.7. The molecule has 140 valence electrons. The fraction of sp³-hybridized carbons (Fsp3) is 0.0526. The Hall–Kier alpha value is -3.93. The van der Waals surface area contributed by atoms with E-state index in [-0.39, 0.29) is 22.7 Å². The predicted molar refractivity (Wildman–Crippen MR) is 93.5 cm³/mol. The molecular weight excluding hydrogens is 375 g/mol. The number of nitro groups is 1. The van der Waals surface area contributed by atoms with Gasteiger partial charge in [0.25, 0.3) is 5.69 Å². The van der Waals surface area contributed by atoms with Gasteiger partial charge in [-0.1, -0.05) is 12.1 Å². The van der Waals surface area contributed by atoms with E-state index in [0.717, 1.165) is 12.1 Å². The number of aromatic nitrogens is 1. The predicted octanol–water partition coefficient (Wildman–Crippen LogP) is 5.33. The van der Waals surface area contributed by atoms with Gasteiger partial charge in [0.05, 0.1) is 21.8 Å². The Morgan fingerprint density at radius 1 is 1.21 bits per heavy atom. The van der Waals surface area contributed by atoms with Crippen LogP contribution < -0.4 is 0 Å². The van der Waals surface area contributed by atoms with Crippen molar-refractivity contribution in [2.45, 2.75) is 6.18 Å².